The number of halogens is 1. The van der Waals surface area contributed by atoms with Crippen LogP contribution in [0.15, 0.2) is 18.2 Å². The van der Waals surface area contributed by atoms with Crippen molar-refractivity contribution in [1.82, 2.24) is 10.6 Å². The molecule has 0 heterocycles. The van der Waals surface area contributed by atoms with E-state index in [-0.39, 0.29) is 12.4 Å². The van der Waals surface area contributed by atoms with Crippen molar-refractivity contribution < 1.29 is 14.0 Å². The fourth-order valence-corrected chi connectivity index (χ4v) is 1.19. The molecule has 0 bridgehead atoms. The molecule has 1 rings (SSSR count). The minimum Gasteiger partial charge on any atom is -0.376 e. The van der Waals surface area contributed by atoms with Gasteiger partial charge in [-0.1, -0.05) is 6.07 Å². The van der Waals surface area contributed by atoms with Crippen LogP contribution in [-0.4, -0.2) is 25.5 Å². The summed E-state index contributed by atoms with van der Waals surface area (Å²) in [6, 6.07) is 3.66. The van der Waals surface area contributed by atoms with E-state index in [4.69, 9.17) is 0 Å². The highest BCUT2D eigenvalue weighted by atomic mass is 19.1. The number of nitrogens with one attached hydrogen (secondary N) is 3. The van der Waals surface area contributed by atoms with Gasteiger partial charge in [-0.3, -0.25) is 10.1 Å². The SMILES string of the molecule is CNC(=O)NC(=O)CNc1cc(F)ccc1C. The highest BCUT2D eigenvalue weighted by molar-refractivity contribution is 5.96. The van der Waals surface area contributed by atoms with Crippen LogP contribution in [0, 0.1) is 12.7 Å². The molecule has 0 atom stereocenters. The van der Waals surface area contributed by atoms with Crippen molar-refractivity contribution in [3.05, 3.63) is 29.6 Å². The monoisotopic (exact) mass is 239 g/mol. The molecular formula is C11H14FN3O2. The van der Waals surface area contributed by atoms with Gasteiger partial charge in [-0.25, -0.2) is 9.18 Å². The molecule has 5 nitrogen and oxygen atoms in total. The number of anilines is 1. The molecule has 0 saturated heterocycles. The number of carbonyl (C=O) groups is 2. The van der Waals surface area contributed by atoms with Gasteiger partial charge in [0.25, 0.3) is 0 Å². The fraction of sp³-hybridized carbons (Fsp3) is 0.273. The summed E-state index contributed by atoms with van der Waals surface area (Å²) < 4.78 is 12.9. The van der Waals surface area contributed by atoms with Gasteiger partial charge >= 0.3 is 6.03 Å². The number of rotatable bonds is 3. The summed E-state index contributed by atoms with van der Waals surface area (Å²) >= 11 is 0. The van der Waals surface area contributed by atoms with E-state index in [0.717, 1.165) is 5.56 Å². The van der Waals surface area contributed by atoms with Crippen molar-refractivity contribution in [1.29, 1.82) is 0 Å². The molecule has 0 saturated carbocycles. The van der Waals surface area contributed by atoms with Gasteiger partial charge in [0, 0.05) is 12.7 Å². The van der Waals surface area contributed by atoms with E-state index in [2.05, 4.69) is 16.0 Å². The normalized spacial score (nSPS) is 9.59. The van der Waals surface area contributed by atoms with Crippen LogP contribution in [0.5, 0.6) is 0 Å². The number of carbonyl (C=O) groups excluding carboxylic acids is 2. The lowest BCUT2D eigenvalue weighted by molar-refractivity contribution is -0.118. The van der Waals surface area contributed by atoms with E-state index in [9.17, 15) is 14.0 Å². The van der Waals surface area contributed by atoms with Gasteiger partial charge in [0.2, 0.25) is 5.91 Å². The largest absolute Gasteiger partial charge is 0.376 e. The van der Waals surface area contributed by atoms with Crippen LogP contribution in [0.2, 0.25) is 0 Å². The first-order valence-corrected chi connectivity index (χ1v) is 5.04. The lowest BCUT2D eigenvalue weighted by atomic mass is 10.2. The van der Waals surface area contributed by atoms with Crippen molar-refractivity contribution >= 4 is 17.6 Å². The van der Waals surface area contributed by atoms with Gasteiger partial charge in [0.1, 0.15) is 5.82 Å². The lowest BCUT2D eigenvalue weighted by Crippen LogP contribution is -2.40. The Morgan fingerprint density at radius 2 is 2.06 bits per heavy atom. The third-order valence-electron chi connectivity index (χ3n) is 2.12. The summed E-state index contributed by atoms with van der Waals surface area (Å²) in [6.07, 6.45) is 0. The molecule has 0 unspecified atom stereocenters. The molecule has 3 amide bonds. The van der Waals surface area contributed by atoms with Gasteiger partial charge in [-0.2, -0.15) is 0 Å². The number of aryl methyl sites for hydroxylation is 1. The van der Waals surface area contributed by atoms with Crippen molar-refractivity contribution in [2.45, 2.75) is 6.92 Å². The van der Waals surface area contributed by atoms with Gasteiger partial charge in [-0.15, -0.1) is 0 Å². The summed E-state index contributed by atoms with van der Waals surface area (Å²) in [5, 5.41) is 7.10. The highest BCUT2D eigenvalue weighted by Crippen LogP contribution is 2.15. The van der Waals surface area contributed by atoms with Crippen LogP contribution in [0.25, 0.3) is 0 Å². The number of hydrogen-bond donors (Lipinski definition) is 3. The van der Waals surface area contributed by atoms with E-state index in [1.807, 2.05) is 0 Å². The smallest absolute Gasteiger partial charge is 0.321 e. The molecule has 0 aliphatic heterocycles. The molecule has 1 aromatic rings. The Morgan fingerprint density at radius 1 is 1.35 bits per heavy atom. The van der Waals surface area contributed by atoms with E-state index in [1.54, 1.807) is 13.0 Å². The second-order valence-electron chi connectivity index (χ2n) is 3.44. The maximum absolute atomic E-state index is 12.9. The Balaban J connectivity index is 2.53. The van der Waals surface area contributed by atoms with Gasteiger partial charge in [0.05, 0.1) is 6.54 Å². The maximum Gasteiger partial charge on any atom is 0.321 e. The number of hydrogen-bond acceptors (Lipinski definition) is 3. The number of urea groups is 1. The minimum absolute atomic E-state index is 0.0995. The third kappa shape index (κ3) is 4.10. The Kier molecular flexibility index (Phi) is 4.45. The fourth-order valence-electron chi connectivity index (χ4n) is 1.19. The predicted molar refractivity (Wildman–Crippen MR) is 62.2 cm³/mol. The molecule has 0 spiro atoms. The van der Waals surface area contributed by atoms with Crippen LogP contribution in [0.3, 0.4) is 0 Å². The topological polar surface area (TPSA) is 70.2 Å². The zero-order chi connectivity index (χ0) is 12.8. The molecule has 92 valence electrons. The molecule has 0 fully saturated rings. The van der Waals surface area contributed by atoms with E-state index >= 15 is 0 Å². The molecule has 1 aromatic carbocycles. The summed E-state index contributed by atoms with van der Waals surface area (Å²) in [4.78, 5) is 22.1. The first kappa shape index (κ1) is 13.0. The molecule has 0 aromatic heterocycles. The average molecular weight is 239 g/mol. The van der Waals surface area contributed by atoms with E-state index in [1.165, 1.54) is 19.2 Å². The summed E-state index contributed by atoms with van der Waals surface area (Å²) in [6.45, 7) is 1.69. The maximum atomic E-state index is 12.9. The van der Waals surface area contributed by atoms with Crippen LogP contribution in [-0.2, 0) is 4.79 Å². The van der Waals surface area contributed by atoms with Crippen LogP contribution in [0.1, 0.15) is 5.56 Å². The minimum atomic E-state index is -0.576. The first-order chi connectivity index (χ1) is 8.02. The lowest BCUT2D eigenvalue weighted by Gasteiger charge is -2.09. The summed E-state index contributed by atoms with van der Waals surface area (Å²) in [7, 11) is 1.41. The Hall–Kier alpha value is -2.11. The molecule has 6 heteroatoms. The first-order valence-electron chi connectivity index (χ1n) is 5.04. The standard InChI is InChI=1S/C11H14FN3O2/c1-7-3-4-8(12)5-9(7)14-6-10(16)15-11(17)13-2/h3-5,14H,6H2,1-2H3,(H2,13,15,16,17). The van der Waals surface area contributed by atoms with Crippen LogP contribution < -0.4 is 16.0 Å². The molecule has 3 N–H and O–H groups in total. The van der Waals surface area contributed by atoms with Crippen molar-refractivity contribution in [2.75, 3.05) is 18.9 Å². The molecule has 17 heavy (non-hydrogen) atoms. The number of amides is 3. The van der Waals surface area contributed by atoms with Crippen molar-refractivity contribution in [3.8, 4) is 0 Å². The van der Waals surface area contributed by atoms with Crippen molar-refractivity contribution in [3.63, 3.8) is 0 Å². The average Bonchev–Trinajstić information content (AvgIpc) is 2.30. The zero-order valence-corrected chi connectivity index (χ0v) is 9.63. The summed E-state index contributed by atoms with van der Waals surface area (Å²) in [5.41, 5.74) is 1.34. The molecule has 0 aliphatic carbocycles. The summed E-state index contributed by atoms with van der Waals surface area (Å²) in [5.74, 6) is -0.877. The molecule has 0 radical (unpaired) electrons. The van der Waals surface area contributed by atoms with E-state index in [0.29, 0.717) is 5.69 Å². The molecular weight excluding hydrogens is 225 g/mol. The van der Waals surface area contributed by atoms with Crippen LogP contribution >= 0.6 is 0 Å². The van der Waals surface area contributed by atoms with E-state index < -0.39 is 11.9 Å². The zero-order valence-electron chi connectivity index (χ0n) is 9.63. The van der Waals surface area contributed by atoms with Crippen molar-refractivity contribution in [2.24, 2.45) is 0 Å². The predicted octanol–water partition coefficient (Wildman–Crippen LogP) is 1.00. The quantitative estimate of drug-likeness (QED) is 0.737. The Bertz CT molecular complexity index is 435. The second kappa shape index (κ2) is 5.83. The third-order valence-corrected chi connectivity index (χ3v) is 2.12. The Morgan fingerprint density at radius 3 is 2.71 bits per heavy atom. The van der Waals surface area contributed by atoms with Gasteiger partial charge < -0.3 is 10.6 Å². The second-order valence-corrected chi connectivity index (χ2v) is 3.44. The Labute approximate surface area is 98.4 Å². The van der Waals surface area contributed by atoms with Gasteiger partial charge in [0.15, 0.2) is 0 Å². The highest BCUT2D eigenvalue weighted by Gasteiger charge is 2.06. The molecule has 0 aliphatic rings. The van der Waals surface area contributed by atoms with Gasteiger partial charge in [-0.05, 0) is 24.6 Å². The number of benzene rings is 1. The van der Waals surface area contributed by atoms with Crippen LogP contribution in [0.4, 0.5) is 14.9 Å². The number of imide groups is 1.